The summed E-state index contributed by atoms with van der Waals surface area (Å²) in [5.41, 5.74) is 9.58. The van der Waals surface area contributed by atoms with E-state index in [-0.39, 0.29) is 17.7 Å². The van der Waals surface area contributed by atoms with Crippen LogP contribution in [0.4, 0.5) is 0 Å². The van der Waals surface area contributed by atoms with Crippen LogP contribution in [0.5, 0.6) is 0 Å². The van der Waals surface area contributed by atoms with Crippen molar-refractivity contribution in [2.45, 2.75) is 72.9 Å². The molecular formula is C27H40N4O2. The molecule has 33 heavy (non-hydrogen) atoms. The van der Waals surface area contributed by atoms with Gasteiger partial charge in [-0.1, -0.05) is 96.0 Å². The van der Waals surface area contributed by atoms with Gasteiger partial charge in [0.15, 0.2) is 5.84 Å². The van der Waals surface area contributed by atoms with Crippen molar-refractivity contribution in [3.05, 3.63) is 59.7 Å². The van der Waals surface area contributed by atoms with Crippen molar-refractivity contribution < 1.29 is 9.59 Å². The molecule has 6 heteroatoms. The van der Waals surface area contributed by atoms with Crippen LogP contribution >= 0.6 is 0 Å². The minimum absolute atomic E-state index is 0.0283. The molecule has 0 fully saturated rings. The molecule has 0 radical (unpaired) electrons. The number of hydrogen-bond acceptors (Lipinski definition) is 4. The molecular weight excluding hydrogens is 412 g/mol. The summed E-state index contributed by atoms with van der Waals surface area (Å²) in [6.45, 7) is 10.4. The van der Waals surface area contributed by atoms with Gasteiger partial charge in [0.1, 0.15) is 6.29 Å². The highest BCUT2D eigenvalue weighted by molar-refractivity contribution is 6.03. The van der Waals surface area contributed by atoms with E-state index in [1.54, 1.807) is 4.90 Å². The lowest BCUT2D eigenvalue weighted by Gasteiger charge is -2.31. The standard InChI is InChI=1S/C25H34N4O2.C2H6/c1-4-5-6-11-24(31)29(23(17-30)18(2)3)16-19-12-14-20(15-13-19)21-9-7-8-10-22(21)25(26)28-27;1-2/h7-10,12-15,17-18,23H,4-6,11,16,27H2,1-3H3,(H2,26,28);1-2H3. The van der Waals surface area contributed by atoms with Crippen LogP contribution in [-0.2, 0) is 16.1 Å². The van der Waals surface area contributed by atoms with Crippen LogP contribution in [-0.4, -0.2) is 29.0 Å². The Morgan fingerprint density at radius 3 is 2.24 bits per heavy atom. The molecule has 2 aromatic rings. The predicted molar refractivity (Wildman–Crippen MR) is 138 cm³/mol. The van der Waals surface area contributed by atoms with E-state index in [2.05, 4.69) is 12.0 Å². The Bertz CT molecular complexity index is 891. The van der Waals surface area contributed by atoms with E-state index >= 15 is 0 Å². The van der Waals surface area contributed by atoms with Gasteiger partial charge in [-0.3, -0.25) is 4.79 Å². The zero-order valence-corrected chi connectivity index (χ0v) is 20.8. The Hall–Kier alpha value is -3.15. The molecule has 0 aliphatic carbocycles. The van der Waals surface area contributed by atoms with E-state index < -0.39 is 6.04 Å². The molecule has 0 aliphatic heterocycles. The maximum Gasteiger partial charge on any atom is 0.223 e. The molecule has 180 valence electrons. The van der Waals surface area contributed by atoms with Crippen molar-refractivity contribution in [1.29, 1.82) is 0 Å². The first-order valence-corrected chi connectivity index (χ1v) is 11.9. The fraction of sp³-hybridized carbons (Fsp3) is 0.444. The van der Waals surface area contributed by atoms with Crippen molar-refractivity contribution in [1.82, 2.24) is 4.90 Å². The van der Waals surface area contributed by atoms with Gasteiger partial charge in [0.05, 0.1) is 6.04 Å². The van der Waals surface area contributed by atoms with E-state index in [9.17, 15) is 9.59 Å². The second-order valence-corrected chi connectivity index (χ2v) is 8.11. The molecule has 0 aromatic heterocycles. The molecule has 1 atom stereocenters. The summed E-state index contributed by atoms with van der Waals surface area (Å²) in [6, 6.07) is 15.2. The molecule has 2 aromatic carbocycles. The largest absolute Gasteiger partial charge is 0.382 e. The number of hydrogen-bond donors (Lipinski definition) is 2. The van der Waals surface area contributed by atoms with Crippen LogP contribution in [0.1, 0.15) is 71.4 Å². The predicted octanol–water partition coefficient (Wildman–Crippen LogP) is 5.09. The first kappa shape index (κ1) is 27.9. The highest BCUT2D eigenvalue weighted by Gasteiger charge is 2.25. The lowest BCUT2D eigenvalue weighted by molar-refractivity contribution is -0.138. The van der Waals surface area contributed by atoms with Gasteiger partial charge < -0.3 is 21.3 Å². The molecule has 0 bridgehead atoms. The fourth-order valence-electron chi connectivity index (χ4n) is 3.63. The van der Waals surface area contributed by atoms with Crippen molar-refractivity contribution in [2.75, 3.05) is 0 Å². The lowest BCUT2D eigenvalue weighted by Crippen LogP contribution is -2.43. The number of rotatable bonds is 11. The third-order valence-electron chi connectivity index (χ3n) is 5.46. The number of carbonyl (C=O) groups is 2. The molecule has 0 saturated heterocycles. The highest BCUT2D eigenvalue weighted by atomic mass is 16.2. The van der Waals surface area contributed by atoms with Crippen LogP contribution in [0.2, 0.25) is 0 Å². The summed E-state index contributed by atoms with van der Waals surface area (Å²) >= 11 is 0. The molecule has 6 nitrogen and oxygen atoms in total. The minimum atomic E-state index is -0.435. The average molecular weight is 453 g/mol. The molecule has 2 rings (SSSR count). The number of nitrogens with two attached hydrogens (primary N) is 2. The van der Waals surface area contributed by atoms with E-state index in [0.717, 1.165) is 47.8 Å². The first-order chi connectivity index (χ1) is 15.9. The summed E-state index contributed by atoms with van der Waals surface area (Å²) < 4.78 is 0. The van der Waals surface area contributed by atoms with Crippen LogP contribution in [0.15, 0.2) is 53.6 Å². The second kappa shape index (κ2) is 14.8. The van der Waals surface area contributed by atoms with E-state index in [0.29, 0.717) is 13.0 Å². The lowest BCUT2D eigenvalue weighted by atomic mass is 9.97. The fourth-order valence-corrected chi connectivity index (χ4v) is 3.63. The number of amides is 1. The van der Waals surface area contributed by atoms with Crippen LogP contribution in [0.3, 0.4) is 0 Å². The molecule has 0 heterocycles. The highest BCUT2D eigenvalue weighted by Crippen LogP contribution is 2.25. The Morgan fingerprint density at radius 1 is 1.06 bits per heavy atom. The molecule has 1 amide bonds. The van der Waals surface area contributed by atoms with Gasteiger partial charge in [-0.15, -0.1) is 0 Å². The maximum atomic E-state index is 12.9. The molecule has 0 spiro atoms. The monoisotopic (exact) mass is 452 g/mol. The minimum Gasteiger partial charge on any atom is -0.382 e. The van der Waals surface area contributed by atoms with Gasteiger partial charge in [0.2, 0.25) is 5.91 Å². The Kier molecular flexibility index (Phi) is 12.5. The smallest absolute Gasteiger partial charge is 0.223 e. The van der Waals surface area contributed by atoms with Gasteiger partial charge in [0, 0.05) is 18.5 Å². The first-order valence-electron chi connectivity index (χ1n) is 11.9. The van der Waals surface area contributed by atoms with Gasteiger partial charge in [-0.05, 0) is 29.0 Å². The molecule has 0 saturated carbocycles. The number of nitrogens with zero attached hydrogens (tertiary/aromatic N) is 2. The Balaban J connectivity index is 0.00000265. The second-order valence-electron chi connectivity index (χ2n) is 8.11. The number of aldehydes is 1. The van der Waals surface area contributed by atoms with Crippen molar-refractivity contribution >= 4 is 18.0 Å². The normalized spacial score (nSPS) is 12.0. The van der Waals surface area contributed by atoms with Crippen LogP contribution in [0, 0.1) is 5.92 Å². The van der Waals surface area contributed by atoms with E-state index in [1.807, 2.05) is 76.2 Å². The third-order valence-corrected chi connectivity index (χ3v) is 5.46. The molecule has 0 aliphatic rings. The Labute approximate surface area is 199 Å². The van der Waals surface area contributed by atoms with E-state index in [1.165, 1.54) is 0 Å². The summed E-state index contributed by atoms with van der Waals surface area (Å²) in [7, 11) is 0. The van der Waals surface area contributed by atoms with E-state index in [4.69, 9.17) is 11.6 Å². The topological polar surface area (TPSA) is 102 Å². The van der Waals surface area contributed by atoms with Crippen LogP contribution < -0.4 is 11.6 Å². The quantitative estimate of drug-likeness (QED) is 0.124. The maximum absolute atomic E-state index is 12.9. The van der Waals surface area contributed by atoms with Crippen molar-refractivity contribution in [3.8, 4) is 11.1 Å². The summed E-state index contributed by atoms with van der Waals surface area (Å²) in [5, 5.41) is 3.61. The number of carbonyl (C=O) groups excluding carboxylic acids is 2. The third kappa shape index (κ3) is 8.04. The zero-order chi connectivity index (χ0) is 24.8. The van der Waals surface area contributed by atoms with Crippen LogP contribution in [0.25, 0.3) is 11.1 Å². The average Bonchev–Trinajstić information content (AvgIpc) is 2.85. The summed E-state index contributed by atoms with van der Waals surface area (Å²) in [5.74, 6) is 5.72. The summed E-state index contributed by atoms with van der Waals surface area (Å²) in [4.78, 5) is 26.4. The van der Waals surface area contributed by atoms with Gasteiger partial charge in [-0.2, -0.15) is 5.10 Å². The van der Waals surface area contributed by atoms with Crippen molar-refractivity contribution in [2.24, 2.45) is 22.6 Å². The zero-order valence-electron chi connectivity index (χ0n) is 20.8. The number of amidine groups is 1. The van der Waals surface area contributed by atoms with Gasteiger partial charge >= 0.3 is 0 Å². The molecule has 1 unspecified atom stereocenters. The number of hydrazone groups is 1. The van der Waals surface area contributed by atoms with Gasteiger partial charge in [-0.25, -0.2) is 0 Å². The number of unbranched alkanes of at least 4 members (excludes halogenated alkanes) is 2. The van der Waals surface area contributed by atoms with Crippen molar-refractivity contribution in [3.63, 3.8) is 0 Å². The summed E-state index contributed by atoms with van der Waals surface area (Å²) in [6.07, 6.45) is 4.26. The Morgan fingerprint density at radius 2 is 1.70 bits per heavy atom. The number of benzene rings is 2. The van der Waals surface area contributed by atoms with Gasteiger partial charge in [0.25, 0.3) is 0 Å². The SMILES string of the molecule is CC.CCCCCC(=O)N(Cc1ccc(-c2ccccc2/C(N)=N/N)cc1)C(C=O)C(C)C. The molecule has 4 N–H and O–H groups in total.